The largest absolute Gasteiger partial charge is 0.487 e. The Labute approximate surface area is 173 Å². The first-order valence-corrected chi connectivity index (χ1v) is 9.41. The monoisotopic (exact) mass is 412 g/mol. The smallest absolute Gasteiger partial charge is 0.271 e. The van der Waals surface area contributed by atoms with Gasteiger partial charge in [-0.15, -0.1) is 0 Å². The van der Waals surface area contributed by atoms with Crippen LogP contribution in [0.4, 0.5) is 5.69 Å². The third kappa shape index (κ3) is 4.94. The number of anilines is 1. The normalized spacial score (nSPS) is 10.6. The van der Waals surface area contributed by atoms with E-state index in [-0.39, 0.29) is 17.3 Å². The minimum absolute atomic E-state index is 0.0280. The van der Waals surface area contributed by atoms with Crippen molar-refractivity contribution in [3.63, 3.8) is 0 Å². The summed E-state index contributed by atoms with van der Waals surface area (Å²) in [7, 11) is 0. The standard InChI is InChI=1S/C21H21ClN4O3/c1-3-26-11-17(19(25-26)20(23)27)24-21(28)15-7-5-14(6-8-15)12-29-18-10-13(2)4-9-16(18)22/h4-11H,3,12H2,1-2H3,(H2,23,27)(H,24,28). The van der Waals surface area contributed by atoms with Gasteiger partial charge in [-0.05, 0) is 49.2 Å². The molecule has 2 amide bonds. The Kier molecular flexibility index (Phi) is 6.19. The van der Waals surface area contributed by atoms with E-state index in [0.717, 1.165) is 11.1 Å². The molecule has 3 aromatic rings. The lowest BCUT2D eigenvalue weighted by Gasteiger charge is -2.10. The Morgan fingerprint density at radius 2 is 1.93 bits per heavy atom. The quantitative estimate of drug-likeness (QED) is 0.616. The number of hydrogen-bond donors (Lipinski definition) is 2. The molecule has 1 heterocycles. The van der Waals surface area contributed by atoms with Gasteiger partial charge < -0.3 is 15.8 Å². The molecule has 0 saturated heterocycles. The third-order valence-corrected chi connectivity index (χ3v) is 4.58. The zero-order valence-electron chi connectivity index (χ0n) is 16.1. The van der Waals surface area contributed by atoms with E-state index in [2.05, 4.69) is 10.4 Å². The lowest BCUT2D eigenvalue weighted by molar-refractivity contribution is 0.0995. The van der Waals surface area contributed by atoms with Crippen LogP contribution in [0.2, 0.25) is 5.02 Å². The third-order valence-electron chi connectivity index (χ3n) is 4.26. The zero-order valence-corrected chi connectivity index (χ0v) is 16.9. The topological polar surface area (TPSA) is 99.2 Å². The van der Waals surface area contributed by atoms with Gasteiger partial charge in [0.25, 0.3) is 11.8 Å². The number of nitrogens with zero attached hydrogens (tertiary/aromatic N) is 2. The number of benzene rings is 2. The summed E-state index contributed by atoms with van der Waals surface area (Å²) in [5.41, 5.74) is 8.01. The van der Waals surface area contributed by atoms with Crippen molar-refractivity contribution in [2.75, 3.05) is 5.32 Å². The highest BCUT2D eigenvalue weighted by Gasteiger charge is 2.17. The Morgan fingerprint density at radius 1 is 1.21 bits per heavy atom. The molecule has 0 atom stereocenters. The number of hydrogen-bond acceptors (Lipinski definition) is 4. The SMILES string of the molecule is CCn1cc(NC(=O)c2ccc(COc3cc(C)ccc3Cl)cc2)c(C(N)=O)n1. The van der Waals surface area contributed by atoms with Gasteiger partial charge in [0.05, 0.1) is 10.7 Å². The molecular formula is C21H21ClN4O3. The summed E-state index contributed by atoms with van der Waals surface area (Å²) >= 11 is 6.14. The van der Waals surface area contributed by atoms with Crippen LogP contribution in [0.1, 0.15) is 38.9 Å². The molecule has 7 nitrogen and oxygen atoms in total. The van der Waals surface area contributed by atoms with Crippen molar-refractivity contribution in [1.82, 2.24) is 9.78 Å². The number of carbonyl (C=O) groups is 2. The Morgan fingerprint density at radius 3 is 2.59 bits per heavy atom. The summed E-state index contributed by atoms with van der Waals surface area (Å²) < 4.78 is 7.30. The van der Waals surface area contributed by atoms with Crippen LogP contribution >= 0.6 is 11.6 Å². The van der Waals surface area contributed by atoms with Crippen molar-refractivity contribution in [2.45, 2.75) is 27.0 Å². The van der Waals surface area contributed by atoms with Gasteiger partial charge in [0, 0.05) is 18.3 Å². The summed E-state index contributed by atoms with van der Waals surface area (Å²) in [6.45, 7) is 4.70. The van der Waals surface area contributed by atoms with E-state index in [4.69, 9.17) is 22.1 Å². The number of ether oxygens (including phenoxy) is 1. The van der Waals surface area contributed by atoms with Crippen LogP contribution in [-0.4, -0.2) is 21.6 Å². The van der Waals surface area contributed by atoms with Gasteiger partial charge in [-0.2, -0.15) is 5.10 Å². The van der Waals surface area contributed by atoms with Gasteiger partial charge >= 0.3 is 0 Å². The van der Waals surface area contributed by atoms with Crippen molar-refractivity contribution in [1.29, 1.82) is 0 Å². The number of halogens is 1. The van der Waals surface area contributed by atoms with Crippen molar-refractivity contribution in [3.8, 4) is 5.75 Å². The van der Waals surface area contributed by atoms with Crippen LogP contribution in [0, 0.1) is 6.92 Å². The van der Waals surface area contributed by atoms with Crippen molar-refractivity contribution >= 4 is 29.1 Å². The average molecular weight is 413 g/mol. The molecule has 0 bridgehead atoms. The van der Waals surface area contributed by atoms with Crippen LogP contribution in [-0.2, 0) is 13.2 Å². The number of nitrogens with one attached hydrogen (secondary N) is 1. The van der Waals surface area contributed by atoms with Gasteiger partial charge in [-0.25, -0.2) is 0 Å². The van der Waals surface area contributed by atoms with E-state index in [9.17, 15) is 9.59 Å². The fourth-order valence-electron chi connectivity index (χ4n) is 2.69. The van der Waals surface area contributed by atoms with E-state index in [1.54, 1.807) is 36.5 Å². The average Bonchev–Trinajstić information content (AvgIpc) is 3.12. The number of rotatable bonds is 7. The Hall–Kier alpha value is -3.32. The van der Waals surface area contributed by atoms with Crippen LogP contribution in [0.3, 0.4) is 0 Å². The van der Waals surface area contributed by atoms with E-state index >= 15 is 0 Å². The molecule has 8 heteroatoms. The van der Waals surface area contributed by atoms with E-state index in [1.807, 2.05) is 26.0 Å². The molecule has 0 aliphatic rings. The van der Waals surface area contributed by atoms with E-state index in [1.165, 1.54) is 4.68 Å². The minimum Gasteiger partial charge on any atom is -0.487 e. The summed E-state index contributed by atoms with van der Waals surface area (Å²) in [5, 5.41) is 7.28. The molecule has 3 N–H and O–H groups in total. The molecule has 2 aromatic carbocycles. The fraction of sp³-hybridized carbons (Fsp3) is 0.190. The van der Waals surface area contributed by atoms with Gasteiger partial charge in [-0.3, -0.25) is 14.3 Å². The highest BCUT2D eigenvalue weighted by Crippen LogP contribution is 2.26. The van der Waals surface area contributed by atoms with Crippen LogP contribution < -0.4 is 15.8 Å². The first-order valence-electron chi connectivity index (χ1n) is 9.04. The number of primary amides is 1. The maximum Gasteiger partial charge on any atom is 0.271 e. The summed E-state index contributed by atoms with van der Waals surface area (Å²) in [4.78, 5) is 24.0. The molecule has 0 spiro atoms. The number of aryl methyl sites for hydroxylation is 2. The molecular weight excluding hydrogens is 392 g/mol. The summed E-state index contributed by atoms with van der Waals surface area (Å²) in [5.74, 6) is -0.451. The molecule has 0 fully saturated rings. The lowest BCUT2D eigenvalue weighted by Crippen LogP contribution is -2.18. The maximum atomic E-state index is 12.5. The maximum absolute atomic E-state index is 12.5. The molecule has 0 aliphatic heterocycles. The first-order chi connectivity index (χ1) is 13.9. The van der Waals surface area contributed by atoms with E-state index < -0.39 is 5.91 Å². The molecule has 29 heavy (non-hydrogen) atoms. The second-order valence-corrected chi connectivity index (χ2v) is 6.89. The number of amides is 2. The number of carbonyl (C=O) groups excluding carboxylic acids is 2. The summed E-state index contributed by atoms with van der Waals surface area (Å²) in [6, 6.07) is 12.5. The van der Waals surface area contributed by atoms with Gasteiger partial charge in [-0.1, -0.05) is 29.8 Å². The number of aromatic nitrogens is 2. The molecule has 150 valence electrons. The van der Waals surface area contributed by atoms with Crippen molar-refractivity contribution < 1.29 is 14.3 Å². The second-order valence-electron chi connectivity index (χ2n) is 6.48. The lowest BCUT2D eigenvalue weighted by atomic mass is 10.1. The Balaban J connectivity index is 1.67. The number of nitrogens with two attached hydrogens (primary N) is 1. The molecule has 0 unspecified atom stereocenters. The van der Waals surface area contributed by atoms with Gasteiger partial charge in [0.1, 0.15) is 12.4 Å². The van der Waals surface area contributed by atoms with Crippen LogP contribution in [0.25, 0.3) is 0 Å². The summed E-state index contributed by atoms with van der Waals surface area (Å²) in [6.07, 6.45) is 1.58. The minimum atomic E-state index is -0.699. The van der Waals surface area contributed by atoms with E-state index in [0.29, 0.717) is 29.5 Å². The predicted octanol–water partition coefficient (Wildman–Crippen LogP) is 3.80. The van der Waals surface area contributed by atoms with Gasteiger partial charge in [0.15, 0.2) is 5.69 Å². The zero-order chi connectivity index (χ0) is 21.0. The molecule has 3 rings (SSSR count). The highest BCUT2D eigenvalue weighted by molar-refractivity contribution is 6.32. The molecule has 0 aliphatic carbocycles. The van der Waals surface area contributed by atoms with Crippen molar-refractivity contribution in [2.24, 2.45) is 5.73 Å². The first kappa shape index (κ1) is 20.4. The second kappa shape index (κ2) is 8.79. The molecule has 0 radical (unpaired) electrons. The predicted molar refractivity (Wildman–Crippen MR) is 111 cm³/mol. The molecule has 1 aromatic heterocycles. The molecule has 0 saturated carbocycles. The van der Waals surface area contributed by atoms with Crippen LogP contribution in [0.15, 0.2) is 48.7 Å². The Bertz CT molecular complexity index is 1040. The van der Waals surface area contributed by atoms with Gasteiger partial charge in [0.2, 0.25) is 0 Å². The van der Waals surface area contributed by atoms with Crippen LogP contribution in [0.5, 0.6) is 5.75 Å². The van der Waals surface area contributed by atoms with Crippen molar-refractivity contribution in [3.05, 3.63) is 76.1 Å². The highest BCUT2D eigenvalue weighted by atomic mass is 35.5. The fourth-order valence-corrected chi connectivity index (χ4v) is 2.86.